The summed E-state index contributed by atoms with van der Waals surface area (Å²) in [5, 5.41) is 0. The molecule has 0 bridgehead atoms. The summed E-state index contributed by atoms with van der Waals surface area (Å²) in [5.74, 6) is 1.06. The molecule has 1 aliphatic heterocycles. The highest BCUT2D eigenvalue weighted by Crippen LogP contribution is 2.33. The van der Waals surface area contributed by atoms with Crippen molar-refractivity contribution in [2.24, 2.45) is 5.73 Å². The van der Waals surface area contributed by atoms with Crippen LogP contribution < -0.4 is 5.73 Å². The summed E-state index contributed by atoms with van der Waals surface area (Å²) in [6.07, 6.45) is 4.05. The molecule has 2 N–H and O–H groups in total. The van der Waals surface area contributed by atoms with Gasteiger partial charge in [-0.3, -0.25) is 4.90 Å². The molecule has 90 valence electrons. The SMILES string of the molecule is Cc1ccoc1C1C(N)CCCN1C(C)C. The molecule has 3 nitrogen and oxygen atoms in total. The van der Waals surface area contributed by atoms with Crippen LogP contribution in [0.1, 0.15) is 44.1 Å². The van der Waals surface area contributed by atoms with E-state index in [1.165, 1.54) is 12.0 Å². The maximum atomic E-state index is 6.27. The van der Waals surface area contributed by atoms with E-state index >= 15 is 0 Å². The highest BCUT2D eigenvalue weighted by molar-refractivity contribution is 5.20. The van der Waals surface area contributed by atoms with Crippen molar-refractivity contribution in [3.05, 3.63) is 23.7 Å². The van der Waals surface area contributed by atoms with Gasteiger partial charge in [0.2, 0.25) is 0 Å². The Morgan fingerprint density at radius 2 is 2.25 bits per heavy atom. The summed E-state index contributed by atoms with van der Waals surface area (Å²) in [6, 6.07) is 2.99. The number of hydrogen-bond acceptors (Lipinski definition) is 3. The molecular weight excluding hydrogens is 200 g/mol. The van der Waals surface area contributed by atoms with Crippen LogP contribution in [-0.2, 0) is 0 Å². The van der Waals surface area contributed by atoms with Crippen LogP contribution in [0.3, 0.4) is 0 Å². The highest BCUT2D eigenvalue weighted by atomic mass is 16.3. The molecule has 1 aromatic rings. The second kappa shape index (κ2) is 4.60. The molecule has 1 fully saturated rings. The zero-order valence-electron chi connectivity index (χ0n) is 10.4. The van der Waals surface area contributed by atoms with Gasteiger partial charge in [-0.1, -0.05) is 0 Å². The molecule has 0 aromatic carbocycles. The molecular formula is C13H22N2O. The van der Waals surface area contributed by atoms with Gasteiger partial charge in [0.05, 0.1) is 12.3 Å². The molecule has 0 spiro atoms. The Bertz CT molecular complexity index is 345. The Hall–Kier alpha value is -0.800. The van der Waals surface area contributed by atoms with Crippen molar-refractivity contribution in [2.45, 2.75) is 51.7 Å². The molecule has 1 saturated heterocycles. The first-order valence-electron chi connectivity index (χ1n) is 6.16. The third-order valence-corrected chi connectivity index (χ3v) is 3.55. The van der Waals surface area contributed by atoms with Crippen molar-refractivity contribution in [3.8, 4) is 0 Å². The van der Waals surface area contributed by atoms with Crippen LogP contribution in [0.2, 0.25) is 0 Å². The fourth-order valence-electron chi connectivity index (χ4n) is 2.66. The van der Waals surface area contributed by atoms with E-state index < -0.39 is 0 Å². The molecule has 2 atom stereocenters. The maximum absolute atomic E-state index is 6.27. The van der Waals surface area contributed by atoms with Gasteiger partial charge >= 0.3 is 0 Å². The molecule has 0 aliphatic carbocycles. The number of aryl methyl sites for hydroxylation is 1. The Labute approximate surface area is 97.6 Å². The van der Waals surface area contributed by atoms with E-state index in [0.717, 1.165) is 18.7 Å². The maximum Gasteiger partial charge on any atom is 0.125 e. The molecule has 0 saturated carbocycles. The second-order valence-electron chi connectivity index (χ2n) is 5.05. The van der Waals surface area contributed by atoms with Crippen LogP contribution in [0.4, 0.5) is 0 Å². The van der Waals surface area contributed by atoms with Crippen LogP contribution in [0.25, 0.3) is 0 Å². The molecule has 1 aliphatic rings. The average Bonchev–Trinajstić information content (AvgIpc) is 2.64. The van der Waals surface area contributed by atoms with E-state index in [9.17, 15) is 0 Å². The standard InChI is InChI=1S/C13H22N2O/c1-9(2)15-7-4-5-11(14)12(15)13-10(3)6-8-16-13/h6,8-9,11-12H,4-5,7,14H2,1-3H3. The summed E-state index contributed by atoms with van der Waals surface area (Å²) < 4.78 is 5.63. The third-order valence-electron chi connectivity index (χ3n) is 3.55. The van der Waals surface area contributed by atoms with Crippen LogP contribution in [0.15, 0.2) is 16.7 Å². The van der Waals surface area contributed by atoms with Crippen molar-refractivity contribution in [1.82, 2.24) is 4.90 Å². The lowest BCUT2D eigenvalue weighted by molar-refractivity contribution is 0.0792. The number of hydrogen-bond donors (Lipinski definition) is 1. The Morgan fingerprint density at radius 3 is 2.81 bits per heavy atom. The van der Waals surface area contributed by atoms with E-state index in [0.29, 0.717) is 6.04 Å². The van der Waals surface area contributed by atoms with Gasteiger partial charge in [0, 0.05) is 12.1 Å². The highest BCUT2D eigenvalue weighted by Gasteiger charge is 2.34. The summed E-state index contributed by atoms with van der Waals surface area (Å²) in [4.78, 5) is 2.46. The van der Waals surface area contributed by atoms with Crippen LogP contribution >= 0.6 is 0 Å². The summed E-state index contributed by atoms with van der Waals surface area (Å²) in [6.45, 7) is 7.67. The minimum atomic E-state index is 0.195. The van der Waals surface area contributed by atoms with E-state index in [2.05, 4.69) is 25.7 Å². The van der Waals surface area contributed by atoms with Gasteiger partial charge in [0.25, 0.3) is 0 Å². The van der Waals surface area contributed by atoms with Crippen molar-refractivity contribution in [1.29, 1.82) is 0 Å². The number of nitrogens with two attached hydrogens (primary N) is 1. The zero-order chi connectivity index (χ0) is 11.7. The van der Waals surface area contributed by atoms with Crippen molar-refractivity contribution in [2.75, 3.05) is 6.54 Å². The number of nitrogens with zero attached hydrogens (tertiary/aromatic N) is 1. The fourth-order valence-corrected chi connectivity index (χ4v) is 2.66. The lowest BCUT2D eigenvalue weighted by Gasteiger charge is -2.41. The Kier molecular flexibility index (Phi) is 3.36. The first kappa shape index (κ1) is 11.7. The van der Waals surface area contributed by atoms with Gasteiger partial charge in [-0.25, -0.2) is 0 Å². The van der Waals surface area contributed by atoms with E-state index in [4.69, 9.17) is 10.2 Å². The number of piperidine rings is 1. The summed E-state index contributed by atoms with van der Waals surface area (Å²) >= 11 is 0. The smallest absolute Gasteiger partial charge is 0.125 e. The molecule has 0 amide bonds. The number of rotatable bonds is 2. The molecule has 2 rings (SSSR count). The lowest BCUT2D eigenvalue weighted by atomic mass is 9.92. The molecule has 2 unspecified atom stereocenters. The van der Waals surface area contributed by atoms with E-state index in [1.54, 1.807) is 6.26 Å². The minimum absolute atomic E-state index is 0.195. The van der Waals surface area contributed by atoms with Crippen molar-refractivity contribution < 1.29 is 4.42 Å². The molecule has 0 radical (unpaired) electrons. The van der Waals surface area contributed by atoms with Crippen LogP contribution in [-0.4, -0.2) is 23.5 Å². The monoisotopic (exact) mass is 222 g/mol. The Balaban J connectivity index is 2.30. The first-order valence-corrected chi connectivity index (χ1v) is 6.16. The average molecular weight is 222 g/mol. The lowest BCUT2D eigenvalue weighted by Crippen LogP contribution is -2.48. The van der Waals surface area contributed by atoms with E-state index in [-0.39, 0.29) is 12.1 Å². The second-order valence-corrected chi connectivity index (χ2v) is 5.05. The first-order chi connectivity index (χ1) is 7.61. The predicted octanol–water partition coefficient (Wildman–Crippen LogP) is 2.46. The summed E-state index contributed by atoms with van der Waals surface area (Å²) in [5.41, 5.74) is 7.48. The molecule has 2 heterocycles. The normalized spacial score (nSPS) is 27.6. The third kappa shape index (κ3) is 2.02. The van der Waals surface area contributed by atoms with Gasteiger partial charge in [-0.05, 0) is 51.8 Å². The fraction of sp³-hybridized carbons (Fsp3) is 0.692. The Morgan fingerprint density at radius 1 is 1.50 bits per heavy atom. The van der Waals surface area contributed by atoms with Gasteiger partial charge < -0.3 is 10.2 Å². The molecule has 1 aromatic heterocycles. The van der Waals surface area contributed by atoms with Gasteiger partial charge in [-0.15, -0.1) is 0 Å². The largest absolute Gasteiger partial charge is 0.467 e. The molecule has 16 heavy (non-hydrogen) atoms. The predicted molar refractivity (Wildman–Crippen MR) is 65.2 cm³/mol. The minimum Gasteiger partial charge on any atom is -0.467 e. The van der Waals surface area contributed by atoms with Crippen molar-refractivity contribution >= 4 is 0 Å². The van der Waals surface area contributed by atoms with Gasteiger partial charge in [0.1, 0.15) is 5.76 Å². The number of furan rings is 1. The van der Waals surface area contributed by atoms with E-state index in [1.807, 2.05) is 6.07 Å². The van der Waals surface area contributed by atoms with Crippen LogP contribution in [0.5, 0.6) is 0 Å². The zero-order valence-corrected chi connectivity index (χ0v) is 10.4. The molecule has 3 heteroatoms. The topological polar surface area (TPSA) is 42.4 Å². The van der Waals surface area contributed by atoms with Crippen LogP contribution in [0, 0.1) is 6.92 Å². The van der Waals surface area contributed by atoms with Gasteiger partial charge in [0.15, 0.2) is 0 Å². The summed E-state index contributed by atoms with van der Waals surface area (Å²) in [7, 11) is 0. The number of likely N-dealkylation sites (tertiary alicyclic amines) is 1. The van der Waals surface area contributed by atoms with Gasteiger partial charge in [-0.2, -0.15) is 0 Å². The quantitative estimate of drug-likeness (QED) is 0.835. The van der Waals surface area contributed by atoms with Crippen molar-refractivity contribution in [3.63, 3.8) is 0 Å².